The summed E-state index contributed by atoms with van der Waals surface area (Å²) < 4.78 is 0. The molecule has 5 heteroatoms. The SMILES string of the molecule is Cc1[nH]c(=O)c(C#N)c(C)c1C(=O)CBr. The lowest BCUT2D eigenvalue weighted by molar-refractivity contribution is 0.102. The first-order chi connectivity index (χ1) is 7.02. The van der Waals surface area contributed by atoms with Gasteiger partial charge in [-0.15, -0.1) is 0 Å². The minimum Gasteiger partial charge on any atom is -0.325 e. The third kappa shape index (κ3) is 2.00. The number of aryl methyl sites for hydroxylation is 1. The van der Waals surface area contributed by atoms with Crippen LogP contribution in [0.15, 0.2) is 4.79 Å². The molecule has 1 aromatic heterocycles. The van der Waals surface area contributed by atoms with Crippen LogP contribution < -0.4 is 5.56 Å². The normalized spacial score (nSPS) is 9.73. The monoisotopic (exact) mass is 268 g/mol. The van der Waals surface area contributed by atoms with E-state index in [-0.39, 0.29) is 16.7 Å². The maximum atomic E-state index is 11.6. The molecule has 0 spiro atoms. The number of hydrogen-bond donors (Lipinski definition) is 1. The second-order valence-corrected chi connectivity index (χ2v) is 3.68. The van der Waals surface area contributed by atoms with Gasteiger partial charge in [0.25, 0.3) is 5.56 Å². The van der Waals surface area contributed by atoms with Crippen molar-refractivity contribution in [2.24, 2.45) is 0 Å². The fourth-order valence-corrected chi connectivity index (χ4v) is 1.77. The number of nitrogens with one attached hydrogen (secondary N) is 1. The molecule has 0 fully saturated rings. The Hall–Kier alpha value is -1.41. The van der Waals surface area contributed by atoms with Gasteiger partial charge in [0.05, 0.1) is 5.33 Å². The van der Waals surface area contributed by atoms with Crippen molar-refractivity contribution in [2.45, 2.75) is 13.8 Å². The van der Waals surface area contributed by atoms with Crippen LogP contribution in [0.5, 0.6) is 0 Å². The molecule has 1 heterocycles. The highest BCUT2D eigenvalue weighted by Crippen LogP contribution is 2.14. The minimum absolute atomic E-state index is 0.00454. The molecule has 0 atom stereocenters. The first-order valence-corrected chi connectivity index (χ1v) is 5.37. The van der Waals surface area contributed by atoms with Crippen molar-refractivity contribution >= 4 is 21.7 Å². The second-order valence-electron chi connectivity index (χ2n) is 3.12. The van der Waals surface area contributed by atoms with Gasteiger partial charge >= 0.3 is 0 Å². The number of rotatable bonds is 2. The zero-order valence-electron chi connectivity index (χ0n) is 8.35. The van der Waals surface area contributed by atoms with E-state index in [1.807, 2.05) is 0 Å². The number of carbonyl (C=O) groups excluding carboxylic acids is 1. The standard InChI is InChI=1S/C10H9BrN2O2/c1-5-7(4-12)10(15)13-6(2)9(5)8(14)3-11/h3H2,1-2H3,(H,13,15). The van der Waals surface area contributed by atoms with E-state index in [0.717, 1.165) is 0 Å². The van der Waals surface area contributed by atoms with Crippen LogP contribution in [0.4, 0.5) is 0 Å². The first kappa shape index (κ1) is 11.7. The maximum Gasteiger partial charge on any atom is 0.266 e. The highest BCUT2D eigenvalue weighted by atomic mass is 79.9. The van der Waals surface area contributed by atoms with Gasteiger partial charge in [0.1, 0.15) is 11.6 Å². The zero-order chi connectivity index (χ0) is 11.6. The summed E-state index contributed by atoms with van der Waals surface area (Å²) in [4.78, 5) is 25.4. The van der Waals surface area contributed by atoms with E-state index in [1.165, 1.54) is 0 Å². The number of aromatic amines is 1. The molecule has 0 aliphatic carbocycles. The van der Waals surface area contributed by atoms with E-state index in [0.29, 0.717) is 16.8 Å². The van der Waals surface area contributed by atoms with Gasteiger partial charge in [0, 0.05) is 11.3 Å². The number of halogens is 1. The van der Waals surface area contributed by atoms with Crippen LogP contribution in [-0.4, -0.2) is 16.1 Å². The van der Waals surface area contributed by atoms with Crippen LogP contribution in [0.25, 0.3) is 0 Å². The molecule has 0 aliphatic rings. The molecule has 15 heavy (non-hydrogen) atoms. The third-order valence-electron chi connectivity index (χ3n) is 2.17. The van der Waals surface area contributed by atoms with Gasteiger partial charge in [-0.1, -0.05) is 15.9 Å². The minimum atomic E-state index is -0.446. The first-order valence-electron chi connectivity index (χ1n) is 4.25. The van der Waals surface area contributed by atoms with E-state index in [1.54, 1.807) is 19.9 Å². The number of pyridine rings is 1. The summed E-state index contributed by atoms with van der Waals surface area (Å²) in [6.07, 6.45) is 0. The van der Waals surface area contributed by atoms with E-state index in [2.05, 4.69) is 20.9 Å². The molecule has 0 radical (unpaired) electrons. The van der Waals surface area contributed by atoms with Crippen molar-refractivity contribution < 1.29 is 4.79 Å². The Kier molecular flexibility index (Phi) is 3.43. The summed E-state index contributed by atoms with van der Waals surface area (Å²) in [6.45, 7) is 3.25. The second kappa shape index (κ2) is 4.41. The fourth-order valence-electron chi connectivity index (χ4n) is 1.49. The molecule has 0 aromatic carbocycles. The Morgan fingerprint density at radius 3 is 2.60 bits per heavy atom. The maximum absolute atomic E-state index is 11.6. The number of aromatic nitrogens is 1. The lowest BCUT2D eigenvalue weighted by atomic mass is 10.0. The molecule has 4 nitrogen and oxygen atoms in total. The van der Waals surface area contributed by atoms with Crippen LogP contribution in [0.3, 0.4) is 0 Å². The lowest BCUT2D eigenvalue weighted by Gasteiger charge is -2.07. The molecular weight excluding hydrogens is 260 g/mol. The molecule has 0 aliphatic heterocycles. The highest BCUT2D eigenvalue weighted by Gasteiger charge is 2.16. The molecule has 0 bridgehead atoms. The van der Waals surface area contributed by atoms with Crippen molar-refractivity contribution in [3.8, 4) is 6.07 Å². The van der Waals surface area contributed by atoms with Gasteiger partial charge in [-0.05, 0) is 19.4 Å². The molecule has 1 aromatic rings. The van der Waals surface area contributed by atoms with Crippen molar-refractivity contribution in [1.82, 2.24) is 4.98 Å². The van der Waals surface area contributed by atoms with E-state index >= 15 is 0 Å². The van der Waals surface area contributed by atoms with Crippen LogP contribution >= 0.6 is 15.9 Å². The molecule has 0 unspecified atom stereocenters. The Labute approximate surface area is 95.1 Å². The fraction of sp³-hybridized carbons (Fsp3) is 0.300. The number of nitrogens with zero attached hydrogens (tertiary/aromatic N) is 1. The summed E-state index contributed by atoms with van der Waals surface area (Å²) in [6, 6.07) is 1.80. The number of hydrogen-bond acceptors (Lipinski definition) is 3. The number of nitriles is 1. The summed E-state index contributed by atoms with van der Waals surface area (Å²) in [5.74, 6) is -0.141. The Bertz CT molecular complexity index is 511. The van der Waals surface area contributed by atoms with Crippen molar-refractivity contribution in [3.63, 3.8) is 0 Å². The molecule has 0 saturated heterocycles. The third-order valence-corrected chi connectivity index (χ3v) is 2.67. The van der Waals surface area contributed by atoms with E-state index in [4.69, 9.17) is 5.26 Å². The Morgan fingerprint density at radius 2 is 2.13 bits per heavy atom. The van der Waals surface area contributed by atoms with Crippen LogP contribution in [0.1, 0.15) is 27.2 Å². The number of alkyl halides is 1. The zero-order valence-corrected chi connectivity index (χ0v) is 9.93. The summed E-state index contributed by atoms with van der Waals surface area (Å²) >= 11 is 3.06. The quantitative estimate of drug-likeness (QED) is 0.652. The molecule has 0 saturated carbocycles. The number of Topliss-reactive ketones (excluding diaryl/α,β-unsaturated/α-hetero) is 1. The van der Waals surface area contributed by atoms with Crippen molar-refractivity contribution in [3.05, 3.63) is 32.7 Å². The number of ketones is 1. The van der Waals surface area contributed by atoms with Gasteiger partial charge in [-0.25, -0.2) is 0 Å². The lowest BCUT2D eigenvalue weighted by Crippen LogP contribution is -2.19. The number of H-pyrrole nitrogens is 1. The van der Waals surface area contributed by atoms with Gasteiger partial charge in [0.15, 0.2) is 5.78 Å². The summed E-state index contributed by atoms with van der Waals surface area (Å²) in [5.41, 5.74) is 0.927. The van der Waals surface area contributed by atoms with Gasteiger partial charge < -0.3 is 4.98 Å². The smallest absolute Gasteiger partial charge is 0.266 e. The van der Waals surface area contributed by atoms with Crippen LogP contribution in [0.2, 0.25) is 0 Å². The average Bonchev–Trinajstić information content (AvgIpc) is 2.17. The number of carbonyl (C=O) groups is 1. The van der Waals surface area contributed by atoms with Gasteiger partial charge in [-0.2, -0.15) is 5.26 Å². The van der Waals surface area contributed by atoms with E-state index < -0.39 is 5.56 Å². The van der Waals surface area contributed by atoms with E-state index in [9.17, 15) is 9.59 Å². The van der Waals surface area contributed by atoms with Crippen LogP contribution in [0, 0.1) is 25.2 Å². The molecule has 1 N–H and O–H groups in total. The van der Waals surface area contributed by atoms with Crippen LogP contribution in [-0.2, 0) is 0 Å². The predicted octanol–water partition coefficient (Wildman–Crippen LogP) is 1.44. The largest absolute Gasteiger partial charge is 0.325 e. The molecule has 0 amide bonds. The summed E-state index contributed by atoms with van der Waals surface area (Å²) in [5, 5.41) is 8.95. The Balaban J connectivity index is 3.62. The predicted molar refractivity (Wildman–Crippen MR) is 59.4 cm³/mol. The highest BCUT2D eigenvalue weighted by molar-refractivity contribution is 9.09. The molecular formula is C10H9BrN2O2. The van der Waals surface area contributed by atoms with Gasteiger partial charge in [-0.3, -0.25) is 9.59 Å². The van der Waals surface area contributed by atoms with Crippen molar-refractivity contribution in [1.29, 1.82) is 5.26 Å². The Morgan fingerprint density at radius 1 is 1.53 bits per heavy atom. The summed E-state index contributed by atoms with van der Waals surface area (Å²) in [7, 11) is 0. The van der Waals surface area contributed by atoms with Crippen molar-refractivity contribution in [2.75, 3.05) is 5.33 Å². The molecule has 78 valence electrons. The molecule has 1 rings (SSSR count). The topological polar surface area (TPSA) is 73.7 Å². The van der Waals surface area contributed by atoms with Gasteiger partial charge in [0.2, 0.25) is 0 Å². The average molecular weight is 269 g/mol.